The molecule has 0 radical (unpaired) electrons. The molecule has 2 nitrogen and oxygen atoms in total. The maximum absolute atomic E-state index is 6.08. The quantitative estimate of drug-likeness (QED) is 0.876. The molecule has 1 saturated carbocycles. The number of benzene rings is 1. The second-order valence-electron chi connectivity index (χ2n) is 6.15. The van der Waals surface area contributed by atoms with E-state index in [2.05, 4.69) is 32.2 Å². The Morgan fingerprint density at radius 3 is 2.94 bits per heavy atom. The summed E-state index contributed by atoms with van der Waals surface area (Å²) in [5.41, 5.74) is 2.61. The molecule has 0 amide bonds. The summed E-state index contributed by atoms with van der Waals surface area (Å²) in [5, 5.41) is 4.48. The number of nitrogens with one attached hydrogen (secondary N) is 1. The SMILES string of the molecule is Cc1ccc(Cl)cc1NC1C2CCOC2C1(C)C. The van der Waals surface area contributed by atoms with Gasteiger partial charge in [0.25, 0.3) is 0 Å². The van der Waals surface area contributed by atoms with Gasteiger partial charge in [0.15, 0.2) is 0 Å². The molecule has 1 heterocycles. The van der Waals surface area contributed by atoms with E-state index in [1.807, 2.05) is 12.1 Å². The molecule has 0 aromatic heterocycles. The molecule has 98 valence electrons. The predicted octanol–water partition coefficient (Wildman–Crippen LogP) is 3.87. The largest absolute Gasteiger partial charge is 0.381 e. The first-order valence-electron chi connectivity index (χ1n) is 6.64. The molecular formula is C15H20ClNO. The maximum atomic E-state index is 6.08. The highest BCUT2D eigenvalue weighted by molar-refractivity contribution is 6.30. The smallest absolute Gasteiger partial charge is 0.0694 e. The van der Waals surface area contributed by atoms with E-state index in [1.54, 1.807) is 0 Å². The zero-order valence-electron chi connectivity index (χ0n) is 11.2. The second kappa shape index (κ2) is 4.14. The Kier molecular flexibility index (Phi) is 2.83. The van der Waals surface area contributed by atoms with Crippen molar-refractivity contribution in [2.45, 2.75) is 39.3 Å². The Labute approximate surface area is 114 Å². The molecule has 1 aliphatic heterocycles. The minimum absolute atomic E-state index is 0.204. The first-order valence-corrected chi connectivity index (χ1v) is 7.02. The van der Waals surface area contributed by atoms with Crippen LogP contribution in [0.1, 0.15) is 25.8 Å². The Morgan fingerprint density at radius 2 is 2.17 bits per heavy atom. The third-order valence-electron chi connectivity index (χ3n) is 4.61. The lowest BCUT2D eigenvalue weighted by molar-refractivity contribution is -0.0923. The summed E-state index contributed by atoms with van der Waals surface area (Å²) in [7, 11) is 0. The van der Waals surface area contributed by atoms with Gasteiger partial charge >= 0.3 is 0 Å². The average Bonchev–Trinajstić information content (AvgIpc) is 2.77. The molecule has 18 heavy (non-hydrogen) atoms. The molecule has 1 saturated heterocycles. The Bertz CT molecular complexity index is 472. The van der Waals surface area contributed by atoms with E-state index in [-0.39, 0.29) is 5.41 Å². The third kappa shape index (κ3) is 1.74. The lowest BCUT2D eigenvalue weighted by Gasteiger charge is -2.55. The molecule has 1 N–H and O–H groups in total. The van der Waals surface area contributed by atoms with Crippen molar-refractivity contribution in [3.05, 3.63) is 28.8 Å². The van der Waals surface area contributed by atoms with Crippen LogP contribution in [0, 0.1) is 18.3 Å². The van der Waals surface area contributed by atoms with E-state index >= 15 is 0 Å². The highest BCUT2D eigenvalue weighted by atomic mass is 35.5. The Hall–Kier alpha value is -0.730. The zero-order valence-corrected chi connectivity index (χ0v) is 11.9. The fourth-order valence-electron chi connectivity index (χ4n) is 3.53. The van der Waals surface area contributed by atoms with Crippen LogP contribution in [0.25, 0.3) is 0 Å². The average molecular weight is 266 g/mol. The van der Waals surface area contributed by atoms with Crippen molar-refractivity contribution < 1.29 is 4.74 Å². The van der Waals surface area contributed by atoms with Gasteiger partial charge in [0.05, 0.1) is 6.10 Å². The molecule has 3 atom stereocenters. The van der Waals surface area contributed by atoms with Crippen LogP contribution in [0.2, 0.25) is 5.02 Å². The Balaban J connectivity index is 1.82. The first-order chi connectivity index (χ1) is 8.50. The standard InChI is InChI=1S/C15H20ClNO/c1-9-4-5-10(16)8-12(9)17-13-11-6-7-18-14(11)15(13,2)3/h4-5,8,11,13-14,17H,6-7H2,1-3H3. The molecule has 3 heteroatoms. The number of aryl methyl sites for hydroxylation is 1. The Morgan fingerprint density at radius 1 is 1.39 bits per heavy atom. The zero-order chi connectivity index (χ0) is 12.9. The van der Waals surface area contributed by atoms with Crippen LogP contribution in [0.3, 0.4) is 0 Å². The molecular weight excluding hydrogens is 246 g/mol. The van der Waals surface area contributed by atoms with Crippen LogP contribution in [0.15, 0.2) is 18.2 Å². The minimum Gasteiger partial charge on any atom is -0.381 e. The van der Waals surface area contributed by atoms with Crippen LogP contribution in [-0.2, 0) is 4.74 Å². The van der Waals surface area contributed by atoms with Crippen LogP contribution in [0.5, 0.6) is 0 Å². The fraction of sp³-hybridized carbons (Fsp3) is 0.600. The summed E-state index contributed by atoms with van der Waals surface area (Å²) in [4.78, 5) is 0. The van der Waals surface area contributed by atoms with Gasteiger partial charge in [-0.25, -0.2) is 0 Å². The molecule has 0 spiro atoms. The van der Waals surface area contributed by atoms with Crippen molar-refractivity contribution in [2.24, 2.45) is 11.3 Å². The monoisotopic (exact) mass is 265 g/mol. The van der Waals surface area contributed by atoms with Gasteiger partial charge in [0.2, 0.25) is 0 Å². The normalized spacial score (nSPS) is 32.8. The van der Waals surface area contributed by atoms with Crippen molar-refractivity contribution in [2.75, 3.05) is 11.9 Å². The summed E-state index contributed by atoms with van der Waals surface area (Å²) in [6.07, 6.45) is 1.60. The number of ether oxygens (including phenoxy) is 1. The molecule has 3 unspecified atom stereocenters. The number of halogens is 1. The third-order valence-corrected chi connectivity index (χ3v) is 4.85. The molecule has 0 bridgehead atoms. The molecule has 2 fully saturated rings. The summed E-state index contributed by atoms with van der Waals surface area (Å²) in [6, 6.07) is 6.52. The lowest BCUT2D eigenvalue weighted by Crippen LogP contribution is -2.63. The van der Waals surface area contributed by atoms with Crippen molar-refractivity contribution in [3.63, 3.8) is 0 Å². The topological polar surface area (TPSA) is 21.3 Å². The van der Waals surface area contributed by atoms with Crippen LogP contribution >= 0.6 is 11.6 Å². The summed E-state index contributed by atoms with van der Waals surface area (Å²) in [5.74, 6) is 0.651. The van der Waals surface area contributed by atoms with E-state index < -0.39 is 0 Å². The van der Waals surface area contributed by atoms with Gasteiger partial charge in [-0.3, -0.25) is 0 Å². The van der Waals surface area contributed by atoms with Gasteiger partial charge in [-0.2, -0.15) is 0 Å². The van der Waals surface area contributed by atoms with E-state index in [0.717, 1.165) is 17.3 Å². The van der Waals surface area contributed by atoms with Gasteiger partial charge in [-0.1, -0.05) is 31.5 Å². The first kappa shape index (κ1) is 12.3. The van der Waals surface area contributed by atoms with Crippen molar-refractivity contribution in [1.29, 1.82) is 0 Å². The minimum atomic E-state index is 0.204. The van der Waals surface area contributed by atoms with Crippen LogP contribution in [0.4, 0.5) is 5.69 Å². The second-order valence-corrected chi connectivity index (χ2v) is 6.58. The van der Waals surface area contributed by atoms with Crippen LogP contribution < -0.4 is 5.32 Å². The van der Waals surface area contributed by atoms with E-state index in [0.29, 0.717) is 18.1 Å². The highest BCUT2D eigenvalue weighted by Gasteiger charge is 2.59. The van der Waals surface area contributed by atoms with Gasteiger partial charge in [-0.05, 0) is 31.0 Å². The maximum Gasteiger partial charge on any atom is 0.0694 e. The summed E-state index contributed by atoms with van der Waals surface area (Å²) < 4.78 is 5.82. The van der Waals surface area contributed by atoms with E-state index in [9.17, 15) is 0 Å². The number of anilines is 1. The number of fused-ring (bicyclic) bond motifs is 1. The van der Waals surface area contributed by atoms with E-state index in [1.165, 1.54) is 12.0 Å². The predicted molar refractivity (Wildman–Crippen MR) is 75.2 cm³/mol. The summed E-state index contributed by atoms with van der Waals surface area (Å²) >= 11 is 6.08. The highest BCUT2D eigenvalue weighted by Crippen LogP contribution is 2.53. The fourth-order valence-corrected chi connectivity index (χ4v) is 3.71. The molecule has 1 aliphatic carbocycles. The van der Waals surface area contributed by atoms with E-state index in [4.69, 9.17) is 16.3 Å². The van der Waals surface area contributed by atoms with Crippen molar-refractivity contribution in [3.8, 4) is 0 Å². The van der Waals surface area contributed by atoms with Gasteiger partial charge in [-0.15, -0.1) is 0 Å². The number of hydrogen-bond acceptors (Lipinski definition) is 2. The van der Waals surface area contributed by atoms with Crippen molar-refractivity contribution in [1.82, 2.24) is 0 Å². The van der Waals surface area contributed by atoms with Gasteiger partial charge in [0.1, 0.15) is 0 Å². The van der Waals surface area contributed by atoms with Crippen molar-refractivity contribution >= 4 is 17.3 Å². The molecule has 1 aromatic carbocycles. The summed E-state index contributed by atoms with van der Waals surface area (Å²) in [6.45, 7) is 7.60. The molecule has 3 rings (SSSR count). The van der Waals surface area contributed by atoms with Gasteiger partial charge < -0.3 is 10.1 Å². The molecule has 1 aromatic rings. The molecule has 2 aliphatic rings. The number of rotatable bonds is 2. The van der Waals surface area contributed by atoms with Gasteiger partial charge in [0, 0.05) is 34.7 Å². The lowest BCUT2D eigenvalue weighted by atomic mass is 9.57. The number of hydrogen-bond donors (Lipinski definition) is 1. The van der Waals surface area contributed by atoms with Crippen LogP contribution in [-0.4, -0.2) is 18.8 Å².